The van der Waals surface area contributed by atoms with Gasteiger partial charge in [0.15, 0.2) is 0 Å². The van der Waals surface area contributed by atoms with Crippen LogP contribution in [-0.4, -0.2) is 17.4 Å². The Hall–Kier alpha value is -2.63. The SMILES string of the molecule is O=C1N[C@H](c2ccccc2)Nc2sc3c(c21)CCN(Cc1ccccc1)C3. The summed E-state index contributed by atoms with van der Waals surface area (Å²) in [6.45, 7) is 2.85. The lowest BCUT2D eigenvalue weighted by molar-refractivity contribution is 0.0934. The Bertz CT molecular complexity index is 968. The summed E-state index contributed by atoms with van der Waals surface area (Å²) in [6.07, 6.45) is 0.769. The second-order valence-electron chi connectivity index (χ2n) is 7.12. The van der Waals surface area contributed by atoms with E-state index in [-0.39, 0.29) is 12.1 Å². The van der Waals surface area contributed by atoms with Crippen LogP contribution in [0.3, 0.4) is 0 Å². The minimum Gasteiger partial charge on any atom is -0.353 e. The van der Waals surface area contributed by atoms with Gasteiger partial charge in [-0.3, -0.25) is 9.69 Å². The fourth-order valence-electron chi connectivity index (χ4n) is 3.96. The lowest BCUT2D eigenvalue weighted by atomic mass is 10.00. The van der Waals surface area contributed by atoms with Crippen LogP contribution < -0.4 is 10.6 Å². The number of rotatable bonds is 3. The fraction of sp³-hybridized carbons (Fsp3) is 0.227. The van der Waals surface area contributed by atoms with Crippen LogP contribution in [0.4, 0.5) is 5.00 Å². The van der Waals surface area contributed by atoms with E-state index < -0.39 is 0 Å². The average Bonchev–Trinajstić information content (AvgIpc) is 3.07. The Morgan fingerprint density at radius 1 is 1.00 bits per heavy atom. The minimum absolute atomic E-state index is 0.0478. The molecule has 2 aliphatic heterocycles. The third-order valence-corrected chi connectivity index (χ3v) is 6.44. The van der Waals surface area contributed by atoms with E-state index in [9.17, 15) is 4.79 Å². The Labute approximate surface area is 162 Å². The quantitative estimate of drug-likeness (QED) is 0.722. The number of thiophene rings is 1. The molecule has 0 spiro atoms. The first-order valence-electron chi connectivity index (χ1n) is 9.31. The van der Waals surface area contributed by atoms with Gasteiger partial charge < -0.3 is 10.6 Å². The van der Waals surface area contributed by atoms with Crippen LogP contribution >= 0.6 is 11.3 Å². The molecule has 0 aliphatic carbocycles. The summed E-state index contributed by atoms with van der Waals surface area (Å²) in [4.78, 5) is 16.6. The molecule has 0 saturated heterocycles. The highest BCUT2D eigenvalue weighted by atomic mass is 32.1. The van der Waals surface area contributed by atoms with E-state index in [0.29, 0.717) is 0 Å². The highest BCUT2D eigenvalue weighted by molar-refractivity contribution is 7.16. The van der Waals surface area contributed by atoms with Gasteiger partial charge in [0.1, 0.15) is 11.2 Å². The molecular formula is C22H21N3OS. The molecular weight excluding hydrogens is 354 g/mol. The van der Waals surface area contributed by atoms with Crippen molar-refractivity contribution in [3.63, 3.8) is 0 Å². The maximum Gasteiger partial charge on any atom is 0.256 e. The largest absolute Gasteiger partial charge is 0.353 e. The van der Waals surface area contributed by atoms with E-state index in [1.807, 2.05) is 30.3 Å². The Morgan fingerprint density at radius 3 is 2.52 bits per heavy atom. The Kier molecular flexibility index (Phi) is 4.19. The number of nitrogens with one attached hydrogen (secondary N) is 2. The predicted octanol–water partition coefficient (Wildman–Crippen LogP) is 4.16. The highest BCUT2D eigenvalue weighted by Gasteiger charge is 2.33. The van der Waals surface area contributed by atoms with Crippen molar-refractivity contribution >= 4 is 22.2 Å². The number of hydrogen-bond acceptors (Lipinski definition) is 4. The summed E-state index contributed by atoms with van der Waals surface area (Å²) in [7, 11) is 0. The molecule has 0 fully saturated rings. The van der Waals surface area contributed by atoms with Crippen LogP contribution in [0.1, 0.15) is 38.1 Å². The fourth-order valence-corrected chi connectivity index (χ4v) is 5.27. The van der Waals surface area contributed by atoms with Crippen LogP contribution in [0.15, 0.2) is 60.7 Å². The summed E-state index contributed by atoms with van der Waals surface area (Å²) in [5, 5.41) is 7.67. The molecule has 2 N–H and O–H groups in total. The van der Waals surface area contributed by atoms with Crippen LogP contribution in [0.5, 0.6) is 0 Å². The monoisotopic (exact) mass is 375 g/mol. The molecule has 3 heterocycles. The van der Waals surface area contributed by atoms with Crippen LogP contribution in [0.2, 0.25) is 0 Å². The molecule has 2 aromatic carbocycles. The van der Waals surface area contributed by atoms with Crippen LogP contribution in [0, 0.1) is 0 Å². The first kappa shape index (κ1) is 16.5. The van der Waals surface area contributed by atoms with E-state index >= 15 is 0 Å². The zero-order valence-electron chi connectivity index (χ0n) is 14.9. The van der Waals surface area contributed by atoms with Crippen molar-refractivity contribution in [3.8, 4) is 0 Å². The van der Waals surface area contributed by atoms with E-state index in [1.54, 1.807) is 11.3 Å². The van der Waals surface area contributed by atoms with Crippen molar-refractivity contribution < 1.29 is 4.79 Å². The molecule has 0 saturated carbocycles. The highest BCUT2D eigenvalue weighted by Crippen LogP contribution is 2.40. The van der Waals surface area contributed by atoms with Gasteiger partial charge in [0.05, 0.1) is 5.56 Å². The average molecular weight is 375 g/mol. The summed E-state index contributed by atoms with van der Waals surface area (Å²) >= 11 is 1.74. The minimum atomic E-state index is -0.160. The summed E-state index contributed by atoms with van der Waals surface area (Å²) < 4.78 is 0. The van der Waals surface area contributed by atoms with Crippen LogP contribution in [0.25, 0.3) is 0 Å². The van der Waals surface area contributed by atoms with E-state index in [4.69, 9.17) is 0 Å². The Balaban J connectivity index is 1.39. The molecule has 1 aromatic heterocycles. The molecule has 27 heavy (non-hydrogen) atoms. The molecule has 1 atom stereocenters. The van der Waals surface area contributed by atoms with Gasteiger partial charge in [-0.2, -0.15) is 0 Å². The van der Waals surface area contributed by atoms with Gasteiger partial charge >= 0.3 is 0 Å². The first-order chi connectivity index (χ1) is 13.3. The molecule has 5 heteroatoms. The molecule has 1 amide bonds. The molecule has 5 rings (SSSR count). The van der Waals surface area contributed by atoms with Crippen molar-refractivity contribution in [2.75, 3.05) is 11.9 Å². The smallest absolute Gasteiger partial charge is 0.256 e. The van der Waals surface area contributed by atoms with Gasteiger partial charge in [-0.25, -0.2) is 0 Å². The van der Waals surface area contributed by atoms with Crippen molar-refractivity contribution in [1.82, 2.24) is 10.2 Å². The van der Waals surface area contributed by atoms with E-state index in [0.717, 1.165) is 42.2 Å². The molecule has 0 unspecified atom stereocenters. The molecule has 0 radical (unpaired) electrons. The number of fused-ring (bicyclic) bond motifs is 3. The maximum atomic E-state index is 12.8. The second kappa shape index (κ2) is 6.83. The summed E-state index contributed by atoms with van der Waals surface area (Å²) in [5.41, 5.74) is 4.51. The van der Waals surface area contributed by atoms with E-state index in [2.05, 4.69) is 45.9 Å². The van der Waals surface area contributed by atoms with Crippen molar-refractivity contribution in [2.24, 2.45) is 0 Å². The molecule has 0 bridgehead atoms. The van der Waals surface area contributed by atoms with Crippen molar-refractivity contribution in [2.45, 2.75) is 25.7 Å². The zero-order chi connectivity index (χ0) is 18.2. The van der Waals surface area contributed by atoms with Gasteiger partial charge in [0.25, 0.3) is 5.91 Å². The Morgan fingerprint density at radius 2 is 1.74 bits per heavy atom. The van der Waals surface area contributed by atoms with Crippen molar-refractivity contribution in [3.05, 3.63) is 87.8 Å². The summed E-state index contributed by atoms with van der Waals surface area (Å²) in [5.74, 6) is 0.0478. The number of carbonyl (C=O) groups excluding carboxylic acids is 1. The number of amides is 1. The third-order valence-electron chi connectivity index (χ3n) is 5.30. The lowest BCUT2D eigenvalue weighted by Gasteiger charge is -2.28. The van der Waals surface area contributed by atoms with Crippen molar-refractivity contribution in [1.29, 1.82) is 0 Å². The van der Waals surface area contributed by atoms with Gasteiger partial charge in [-0.05, 0) is 23.1 Å². The standard InChI is InChI=1S/C22H21N3OS/c26-21-19-17-11-12-25(13-15-7-3-1-4-8-15)14-18(17)27-22(19)24-20(23-21)16-9-5-2-6-10-16/h1-10,20,24H,11-14H2,(H,23,26)/t20-/m0/s1. The zero-order valence-corrected chi connectivity index (χ0v) is 15.8. The van der Waals surface area contributed by atoms with Gasteiger partial charge in [-0.1, -0.05) is 60.7 Å². The number of anilines is 1. The third kappa shape index (κ3) is 3.13. The lowest BCUT2D eigenvalue weighted by Crippen LogP contribution is -2.38. The molecule has 4 nitrogen and oxygen atoms in total. The number of hydrogen-bond donors (Lipinski definition) is 2. The number of benzene rings is 2. The normalized spacial score (nSPS) is 19.0. The first-order valence-corrected chi connectivity index (χ1v) is 10.1. The summed E-state index contributed by atoms with van der Waals surface area (Å²) in [6, 6.07) is 20.7. The predicted molar refractivity (Wildman–Crippen MR) is 109 cm³/mol. The van der Waals surface area contributed by atoms with E-state index in [1.165, 1.54) is 16.0 Å². The topological polar surface area (TPSA) is 44.4 Å². The van der Waals surface area contributed by atoms with Gasteiger partial charge in [-0.15, -0.1) is 11.3 Å². The number of nitrogens with zero attached hydrogens (tertiary/aromatic N) is 1. The maximum absolute atomic E-state index is 12.8. The van der Waals surface area contributed by atoms with Gasteiger partial charge in [0, 0.05) is 24.5 Å². The van der Waals surface area contributed by atoms with Gasteiger partial charge in [0.2, 0.25) is 0 Å². The molecule has 136 valence electrons. The number of carbonyl (C=O) groups is 1. The molecule has 3 aromatic rings. The molecule has 2 aliphatic rings. The second-order valence-corrected chi connectivity index (χ2v) is 8.22. The van der Waals surface area contributed by atoms with Crippen LogP contribution in [-0.2, 0) is 19.5 Å².